The van der Waals surface area contributed by atoms with Gasteiger partial charge in [-0.05, 0) is 6.07 Å². The number of hydrogen-bond donors (Lipinski definition) is 1. The summed E-state index contributed by atoms with van der Waals surface area (Å²) in [6, 6.07) is 6.50. The molecule has 1 aromatic rings. The van der Waals surface area contributed by atoms with E-state index in [4.69, 9.17) is 4.74 Å². The zero-order chi connectivity index (χ0) is 14.3. The van der Waals surface area contributed by atoms with Gasteiger partial charge in [0.2, 0.25) is 5.91 Å². The highest BCUT2D eigenvalue weighted by Gasteiger charge is 2.28. The minimum absolute atomic E-state index is 0.126. The number of halogens is 3. The van der Waals surface area contributed by atoms with Crippen molar-refractivity contribution in [2.45, 2.75) is 11.9 Å². The molecule has 0 aliphatic rings. The van der Waals surface area contributed by atoms with E-state index in [0.717, 1.165) is 0 Å². The molecule has 1 amide bonds. The highest BCUT2D eigenvalue weighted by molar-refractivity contribution is 7.99. The molecule has 0 atom stereocenters. The van der Waals surface area contributed by atoms with Gasteiger partial charge in [-0.25, -0.2) is 0 Å². The first-order valence-electron chi connectivity index (χ1n) is 5.48. The largest absolute Gasteiger partial charge is 0.484 e. The first kappa shape index (κ1) is 15.7. The zero-order valence-electron chi connectivity index (χ0n) is 10.3. The van der Waals surface area contributed by atoms with Crippen LogP contribution in [0.4, 0.5) is 13.2 Å². The van der Waals surface area contributed by atoms with Gasteiger partial charge in [-0.2, -0.15) is 13.2 Å². The Bertz CT molecular complexity index is 424. The van der Waals surface area contributed by atoms with Gasteiger partial charge < -0.3 is 10.1 Å². The quantitative estimate of drug-likeness (QED) is 0.876. The monoisotopic (exact) mass is 293 g/mol. The first-order chi connectivity index (χ1) is 8.92. The number of hydrogen-bond acceptors (Lipinski definition) is 3. The van der Waals surface area contributed by atoms with Crippen LogP contribution in [0.2, 0.25) is 0 Å². The lowest BCUT2D eigenvalue weighted by Crippen LogP contribution is -2.20. The van der Waals surface area contributed by atoms with E-state index in [2.05, 4.69) is 5.32 Å². The van der Waals surface area contributed by atoms with Crippen LogP contribution in [0.1, 0.15) is 5.56 Å². The molecule has 3 nitrogen and oxygen atoms in total. The summed E-state index contributed by atoms with van der Waals surface area (Å²) >= 11 is 1.31. The standard InChI is InChI=1S/C12H14F3NO2S/c1-16-11(17)7-19-6-9-4-2-3-5-10(9)18-8-12(13,14)15/h2-5H,6-8H2,1H3,(H,16,17). The molecule has 0 saturated heterocycles. The van der Waals surface area contributed by atoms with Crippen LogP contribution in [-0.4, -0.2) is 31.5 Å². The second-order valence-corrected chi connectivity index (χ2v) is 4.66. The lowest BCUT2D eigenvalue weighted by Gasteiger charge is -2.12. The number of carbonyl (C=O) groups is 1. The number of amides is 1. The van der Waals surface area contributed by atoms with Crippen LogP contribution in [0.15, 0.2) is 24.3 Å². The number of ether oxygens (including phenoxy) is 1. The summed E-state index contributed by atoms with van der Waals surface area (Å²) in [5, 5.41) is 2.47. The lowest BCUT2D eigenvalue weighted by molar-refractivity contribution is -0.153. The minimum Gasteiger partial charge on any atom is -0.484 e. The number of rotatable bonds is 6. The first-order valence-corrected chi connectivity index (χ1v) is 6.63. The molecule has 1 aromatic carbocycles. The van der Waals surface area contributed by atoms with Gasteiger partial charge in [-0.3, -0.25) is 4.79 Å². The fourth-order valence-corrected chi connectivity index (χ4v) is 2.14. The summed E-state index contributed by atoms with van der Waals surface area (Å²) < 4.78 is 41.0. The van der Waals surface area contributed by atoms with Crippen molar-refractivity contribution in [2.75, 3.05) is 19.4 Å². The topological polar surface area (TPSA) is 38.3 Å². The molecule has 7 heteroatoms. The van der Waals surface area contributed by atoms with E-state index in [-0.39, 0.29) is 17.4 Å². The van der Waals surface area contributed by atoms with Gasteiger partial charge in [0.25, 0.3) is 0 Å². The van der Waals surface area contributed by atoms with E-state index in [9.17, 15) is 18.0 Å². The molecular weight excluding hydrogens is 279 g/mol. The molecule has 0 aliphatic heterocycles. The highest BCUT2D eigenvalue weighted by atomic mass is 32.2. The Morgan fingerprint density at radius 2 is 2.05 bits per heavy atom. The number of thioether (sulfide) groups is 1. The van der Waals surface area contributed by atoms with Gasteiger partial charge in [0, 0.05) is 18.4 Å². The van der Waals surface area contributed by atoms with Gasteiger partial charge >= 0.3 is 6.18 Å². The highest BCUT2D eigenvalue weighted by Crippen LogP contribution is 2.25. The molecule has 0 heterocycles. The molecule has 0 bridgehead atoms. The number of para-hydroxylation sites is 1. The molecular formula is C12H14F3NO2S. The fraction of sp³-hybridized carbons (Fsp3) is 0.417. The van der Waals surface area contributed by atoms with Crippen LogP contribution in [0.25, 0.3) is 0 Å². The lowest BCUT2D eigenvalue weighted by atomic mass is 10.2. The SMILES string of the molecule is CNC(=O)CSCc1ccccc1OCC(F)(F)F. The number of nitrogens with one attached hydrogen (secondary N) is 1. The van der Waals surface area contributed by atoms with Gasteiger partial charge in [-0.15, -0.1) is 11.8 Å². The van der Waals surface area contributed by atoms with E-state index in [1.54, 1.807) is 18.2 Å². The van der Waals surface area contributed by atoms with Crippen molar-refractivity contribution in [1.29, 1.82) is 0 Å². The number of alkyl halides is 3. The summed E-state index contributed by atoms with van der Waals surface area (Å²) in [5.41, 5.74) is 0.639. The summed E-state index contributed by atoms with van der Waals surface area (Å²) in [5.74, 6) is 0.744. The van der Waals surface area contributed by atoms with E-state index < -0.39 is 12.8 Å². The van der Waals surface area contributed by atoms with Crippen LogP contribution in [0.5, 0.6) is 5.75 Å². The maximum Gasteiger partial charge on any atom is 0.422 e. The Hall–Kier alpha value is -1.37. The molecule has 0 aliphatic carbocycles. The maximum atomic E-state index is 12.1. The predicted molar refractivity (Wildman–Crippen MR) is 68.2 cm³/mol. The average Bonchev–Trinajstić information content (AvgIpc) is 2.36. The van der Waals surface area contributed by atoms with Crippen LogP contribution in [-0.2, 0) is 10.5 Å². The third kappa shape index (κ3) is 6.37. The van der Waals surface area contributed by atoms with Gasteiger partial charge in [-0.1, -0.05) is 18.2 Å². The Morgan fingerprint density at radius 3 is 2.68 bits per heavy atom. The molecule has 0 unspecified atom stereocenters. The third-order valence-electron chi connectivity index (χ3n) is 2.13. The molecule has 0 radical (unpaired) electrons. The predicted octanol–water partition coefficient (Wildman–Crippen LogP) is 2.61. The van der Waals surface area contributed by atoms with Crippen molar-refractivity contribution in [3.8, 4) is 5.75 Å². The average molecular weight is 293 g/mol. The Morgan fingerprint density at radius 1 is 1.37 bits per heavy atom. The minimum atomic E-state index is -4.36. The Balaban J connectivity index is 2.55. The van der Waals surface area contributed by atoms with Crippen molar-refractivity contribution in [1.82, 2.24) is 5.32 Å². The van der Waals surface area contributed by atoms with E-state index in [1.165, 1.54) is 24.9 Å². The number of carbonyl (C=O) groups excluding carboxylic acids is 1. The van der Waals surface area contributed by atoms with Gasteiger partial charge in [0.1, 0.15) is 5.75 Å². The normalized spacial score (nSPS) is 11.2. The van der Waals surface area contributed by atoms with Gasteiger partial charge in [0.15, 0.2) is 6.61 Å². The van der Waals surface area contributed by atoms with E-state index in [0.29, 0.717) is 11.3 Å². The molecule has 0 spiro atoms. The third-order valence-corrected chi connectivity index (χ3v) is 3.11. The molecule has 0 aromatic heterocycles. The van der Waals surface area contributed by atoms with Crippen molar-refractivity contribution >= 4 is 17.7 Å². The Kier molecular flexibility index (Phi) is 6.01. The smallest absolute Gasteiger partial charge is 0.422 e. The summed E-state index contributed by atoms with van der Waals surface area (Å²) in [6.45, 7) is -1.32. The maximum absolute atomic E-state index is 12.1. The number of benzene rings is 1. The zero-order valence-corrected chi connectivity index (χ0v) is 11.1. The van der Waals surface area contributed by atoms with Crippen LogP contribution in [0, 0.1) is 0 Å². The van der Waals surface area contributed by atoms with Gasteiger partial charge in [0.05, 0.1) is 5.75 Å². The Labute approximate surface area is 113 Å². The summed E-state index contributed by atoms with van der Waals surface area (Å²) in [4.78, 5) is 11.0. The van der Waals surface area contributed by atoms with Crippen molar-refractivity contribution in [3.05, 3.63) is 29.8 Å². The van der Waals surface area contributed by atoms with Crippen molar-refractivity contribution in [3.63, 3.8) is 0 Å². The van der Waals surface area contributed by atoms with Crippen molar-refractivity contribution < 1.29 is 22.7 Å². The van der Waals surface area contributed by atoms with Crippen LogP contribution in [0.3, 0.4) is 0 Å². The summed E-state index contributed by atoms with van der Waals surface area (Å²) in [7, 11) is 1.53. The molecule has 19 heavy (non-hydrogen) atoms. The fourth-order valence-electron chi connectivity index (χ4n) is 1.25. The van der Waals surface area contributed by atoms with Crippen LogP contribution < -0.4 is 10.1 Å². The molecule has 106 valence electrons. The summed E-state index contributed by atoms with van der Waals surface area (Å²) in [6.07, 6.45) is -4.36. The van der Waals surface area contributed by atoms with E-state index in [1.807, 2.05) is 0 Å². The molecule has 0 saturated carbocycles. The second kappa shape index (κ2) is 7.28. The van der Waals surface area contributed by atoms with Crippen molar-refractivity contribution in [2.24, 2.45) is 0 Å². The second-order valence-electron chi connectivity index (χ2n) is 3.68. The molecule has 1 rings (SSSR count). The molecule has 1 N–H and O–H groups in total. The molecule has 0 fully saturated rings. The van der Waals surface area contributed by atoms with Crippen LogP contribution >= 0.6 is 11.8 Å². The van der Waals surface area contributed by atoms with E-state index >= 15 is 0 Å².